The zero-order valence-electron chi connectivity index (χ0n) is 16.9. The van der Waals surface area contributed by atoms with Crippen LogP contribution in [0.15, 0.2) is 65.8 Å². The first-order valence-electron chi connectivity index (χ1n) is 9.96. The van der Waals surface area contributed by atoms with Gasteiger partial charge in [-0.2, -0.15) is 0 Å². The Bertz CT molecular complexity index is 998. The summed E-state index contributed by atoms with van der Waals surface area (Å²) >= 11 is 0. The van der Waals surface area contributed by atoms with Gasteiger partial charge >= 0.3 is 0 Å². The molecule has 0 aliphatic carbocycles. The van der Waals surface area contributed by atoms with Crippen molar-refractivity contribution in [2.75, 3.05) is 32.1 Å². The van der Waals surface area contributed by atoms with E-state index in [1.54, 1.807) is 7.11 Å². The molecule has 0 saturated carbocycles. The molecule has 0 bridgehead atoms. The number of nitrogens with one attached hydrogen (secondary N) is 2. The Morgan fingerprint density at radius 2 is 2.03 bits per heavy atom. The fraction of sp³-hybridized carbons (Fsp3) is 0.304. The van der Waals surface area contributed by atoms with E-state index >= 15 is 0 Å². The normalized spacial score (nSPS) is 16.8. The Morgan fingerprint density at radius 3 is 2.90 bits per heavy atom. The molecule has 2 aromatic carbocycles. The van der Waals surface area contributed by atoms with Crippen molar-refractivity contribution in [2.45, 2.75) is 19.0 Å². The SMILES string of the molecule is CN=C(NCc1cccc2cccnc12)NC1CCN(c2ccccc2OC)C1. The molecule has 0 radical (unpaired) electrons. The second-order valence-corrected chi connectivity index (χ2v) is 7.17. The molecule has 6 heteroatoms. The number of aromatic nitrogens is 1. The van der Waals surface area contributed by atoms with Gasteiger partial charge in [0.25, 0.3) is 0 Å². The standard InChI is InChI=1S/C23H27N5O/c1-24-23(26-15-18-8-5-7-17-9-6-13-25-22(17)18)27-19-12-14-28(16-19)20-10-3-4-11-21(20)29-2/h3-11,13,19H,12,14-16H2,1-2H3,(H2,24,26,27). The number of hydrogen-bond donors (Lipinski definition) is 2. The molecule has 2 N–H and O–H groups in total. The molecule has 150 valence electrons. The van der Waals surface area contributed by atoms with Gasteiger partial charge in [-0.25, -0.2) is 0 Å². The Hall–Kier alpha value is -3.28. The van der Waals surface area contributed by atoms with Crippen LogP contribution in [0.4, 0.5) is 5.69 Å². The van der Waals surface area contributed by atoms with Crippen molar-refractivity contribution < 1.29 is 4.74 Å². The van der Waals surface area contributed by atoms with E-state index in [0.717, 1.165) is 53.4 Å². The van der Waals surface area contributed by atoms with E-state index in [2.05, 4.69) is 61.9 Å². The van der Waals surface area contributed by atoms with Gasteiger partial charge in [0.1, 0.15) is 5.75 Å². The smallest absolute Gasteiger partial charge is 0.191 e. The lowest BCUT2D eigenvalue weighted by Crippen LogP contribution is -2.44. The van der Waals surface area contributed by atoms with E-state index in [1.807, 2.05) is 31.4 Å². The fourth-order valence-corrected chi connectivity index (χ4v) is 3.86. The number of hydrogen-bond acceptors (Lipinski definition) is 4. The molecule has 1 fully saturated rings. The predicted molar refractivity (Wildman–Crippen MR) is 119 cm³/mol. The molecule has 6 nitrogen and oxygen atoms in total. The number of guanidine groups is 1. The minimum atomic E-state index is 0.330. The van der Waals surface area contributed by atoms with Crippen molar-refractivity contribution in [1.82, 2.24) is 15.6 Å². The molecule has 1 saturated heterocycles. The summed E-state index contributed by atoms with van der Waals surface area (Å²) in [5.74, 6) is 1.73. The van der Waals surface area contributed by atoms with Crippen LogP contribution in [0.25, 0.3) is 10.9 Å². The third-order valence-corrected chi connectivity index (χ3v) is 5.34. The lowest BCUT2D eigenvalue weighted by molar-refractivity contribution is 0.415. The molecule has 29 heavy (non-hydrogen) atoms. The van der Waals surface area contributed by atoms with Crippen molar-refractivity contribution >= 4 is 22.5 Å². The second kappa shape index (κ2) is 8.82. The zero-order chi connectivity index (χ0) is 20.1. The molecule has 2 heterocycles. The van der Waals surface area contributed by atoms with Crippen molar-refractivity contribution in [3.8, 4) is 5.75 Å². The molecule has 0 spiro atoms. The van der Waals surface area contributed by atoms with Crippen LogP contribution in [0, 0.1) is 0 Å². The van der Waals surface area contributed by atoms with Crippen LogP contribution in [-0.2, 0) is 6.54 Å². The quantitative estimate of drug-likeness (QED) is 0.518. The van der Waals surface area contributed by atoms with Gasteiger partial charge in [-0.05, 0) is 30.2 Å². The third-order valence-electron chi connectivity index (χ3n) is 5.34. The minimum Gasteiger partial charge on any atom is -0.495 e. The molecule has 4 rings (SSSR count). The number of anilines is 1. The highest BCUT2D eigenvalue weighted by molar-refractivity contribution is 5.83. The molecular formula is C23H27N5O. The summed E-state index contributed by atoms with van der Waals surface area (Å²) in [6.07, 6.45) is 2.89. The minimum absolute atomic E-state index is 0.330. The summed E-state index contributed by atoms with van der Waals surface area (Å²) in [6, 6.07) is 18.8. The number of pyridine rings is 1. The second-order valence-electron chi connectivity index (χ2n) is 7.17. The van der Waals surface area contributed by atoms with Gasteiger partial charge in [0, 0.05) is 44.3 Å². The van der Waals surface area contributed by atoms with E-state index in [-0.39, 0.29) is 0 Å². The summed E-state index contributed by atoms with van der Waals surface area (Å²) in [5, 5.41) is 8.15. The van der Waals surface area contributed by atoms with Crippen molar-refractivity contribution in [3.63, 3.8) is 0 Å². The number of para-hydroxylation sites is 3. The Morgan fingerprint density at radius 1 is 1.17 bits per heavy atom. The van der Waals surface area contributed by atoms with Crippen LogP contribution in [0.3, 0.4) is 0 Å². The van der Waals surface area contributed by atoms with Gasteiger partial charge in [0.2, 0.25) is 0 Å². The van der Waals surface area contributed by atoms with Crippen molar-refractivity contribution in [2.24, 2.45) is 4.99 Å². The Kier molecular flexibility index (Phi) is 5.79. The van der Waals surface area contributed by atoms with Gasteiger partial charge in [0.15, 0.2) is 5.96 Å². The van der Waals surface area contributed by atoms with Gasteiger partial charge in [-0.15, -0.1) is 0 Å². The number of benzene rings is 2. The zero-order valence-corrected chi connectivity index (χ0v) is 16.9. The van der Waals surface area contributed by atoms with Crippen LogP contribution >= 0.6 is 0 Å². The fourth-order valence-electron chi connectivity index (χ4n) is 3.86. The monoisotopic (exact) mass is 389 g/mol. The number of fused-ring (bicyclic) bond motifs is 1. The van der Waals surface area contributed by atoms with Crippen LogP contribution in [0.5, 0.6) is 5.75 Å². The first kappa shape index (κ1) is 19.1. The summed E-state index contributed by atoms with van der Waals surface area (Å²) in [6.45, 7) is 2.58. The highest BCUT2D eigenvalue weighted by Gasteiger charge is 2.25. The van der Waals surface area contributed by atoms with Crippen LogP contribution in [0.1, 0.15) is 12.0 Å². The van der Waals surface area contributed by atoms with Gasteiger partial charge < -0.3 is 20.3 Å². The average Bonchev–Trinajstić information content (AvgIpc) is 3.25. The predicted octanol–water partition coefficient (Wildman–Crippen LogP) is 3.19. The topological polar surface area (TPSA) is 61.8 Å². The van der Waals surface area contributed by atoms with E-state index in [1.165, 1.54) is 0 Å². The lowest BCUT2D eigenvalue weighted by atomic mass is 10.1. The van der Waals surface area contributed by atoms with E-state index in [4.69, 9.17) is 4.74 Å². The maximum Gasteiger partial charge on any atom is 0.191 e. The highest BCUT2D eigenvalue weighted by atomic mass is 16.5. The van der Waals surface area contributed by atoms with Gasteiger partial charge in [-0.3, -0.25) is 9.98 Å². The van der Waals surface area contributed by atoms with Crippen LogP contribution < -0.4 is 20.3 Å². The van der Waals surface area contributed by atoms with E-state index in [9.17, 15) is 0 Å². The number of nitrogens with zero attached hydrogens (tertiary/aromatic N) is 3. The maximum atomic E-state index is 5.51. The summed E-state index contributed by atoms with van der Waals surface area (Å²) < 4.78 is 5.51. The first-order valence-corrected chi connectivity index (χ1v) is 9.96. The molecular weight excluding hydrogens is 362 g/mol. The van der Waals surface area contributed by atoms with Crippen molar-refractivity contribution in [1.29, 1.82) is 0 Å². The molecule has 1 unspecified atom stereocenters. The third kappa shape index (κ3) is 4.26. The Balaban J connectivity index is 1.37. The largest absolute Gasteiger partial charge is 0.495 e. The molecule has 1 atom stereocenters. The van der Waals surface area contributed by atoms with E-state index < -0.39 is 0 Å². The summed E-state index contributed by atoms with van der Waals surface area (Å²) in [4.78, 5) is 11.3. The summed E-state index contributed by atoms with van der Waals surface area (Å²) in [7, 11) is 3.53. The Labute approximate surface area is 171 Å². The number of aliphatic imine (C=N–C) groups is 1. The first-order chi connectivity index (χ1) is 14.3. The highest BCUT2D eigenvalue weighted by Crippen LogP contribution is 2.30. The molecule has 1 aromatic heterocycles. The molecule has 0 amide bonds. The van der Waals surface area contributed by atoms with Crippen LogP contribution in [0.2, 0.25) is 0 Å². The maximum absolute atomic E-state index is 5.51. The number of methoxy groups -OCH3 is 1. The van der Waals surface area contributed by atoms with Gasteiger partial charge in [0.05, 0.1) is 18.3 Å². The molecule has 1 aliphatic heterocycles. The summed E-state index contributed by atoms with van der Waals surface area (Å²) in [5.41, 5.74) is 3.33. The van der Waals surface area contributed by atoms with E-state index in [0.29, 0.717) is 12.6 Å². The average molecular weight is 390 g/mol. The van der Waals surface area contributed by atoms with Crippen molar-refractivity contribution in [3.05, 3.63) is 66.4 Å². The number of rotatable bonds is 5. The molecule has 3 aromatic rings. The number of ether oxygens (including phenoxy) is 1. The van der Waals surface area contributed by atoms with Crippen LogP contribution in [-0.4, -0.2) is 44.2 Å². The van der Waals surface area contributed by atoms with Gasteiger partial charge in [-0.1, -0.05) is 36.4 Å². The molecule has 1 aliphatic rings. The lowest BCUT2D eigenvalue weighted by Gasteiger charge is -2.22.